The zero-order chi connectivity index (χ0) is 11.4. The van der Waals surface area contributed by atoms with Crippen LogP contribution in [-0.2, 0) is 6.42 Å². The molecule has 0 heteroatoms. The van der Waals surface area contributed by atoms with Crippen LogP contribution in [0.25, 0.3) is 10.8 Å². The Morgan fingerprint density at radius 1 is 1.00 bits per heavy atom. The van der Waals surface area contributed by atoms with Gasteiger partial charge in [0.15, 0.2) is 0 Å². The van der Waals surface area contributed by atoms with Crippen LogP contribution in [0.15, 0.2) is 30.3 Å². The summed E-state index contributed by atoms with van der Waals surface area (Å²) in [6.07, 6.45) is 5.44. The first kappa shape index (κ1) is 9.70. The summed E-state index contributed by atoms with van der Waals surface area (Å²) in [5, 5.41) is 3.06. The van der Waals surface area contributed by atoms with Gasteiger partial charge in [-0.15, -0.1) is 0 Å². The van der Waals surface area contributed by atoms with Gasteiger partial charge in [-0.3, -0.25) is 0 Å². The minimum Gasteiger partial charge on any atom is -0.0614 e. The number of benzene rings is 2. The van der Waals surface area contributed by atoms with E-state index in [0.29, 0.717) is 0 Å². The third-order valence-electron chi connectivity index (χ3n) is 4.86. The molecule has 0 nitrogen and oxygen atoms in total. The largest absolute Gasteiger partial charge is 0.0614 e. The summed E-state index contributed by atoms with van der Waals surface area (Å²) >= 11 is 0. The van der Waals surface area contributed by atoms with Crippen LogP contribution >= 0.6 is 0 Å². The van der Waals surface area contributed by atoms with Crippen molar-refractivity contribution in [1.29, 1.82) is 0 Å². The summed E-state index contributed by atoms with van der Waals surface area (Å²) in [7, 11) is 0. The first-order chi connectivity index (χ1) is 8.34. The van der Waals surface area contributed by atoms with Gasteiger partial charge in [0.1, 0.15) is 0 Å². The molecule has 17 heavy (non-hydrogen) atoms. The van der Waals surface area contributed by atoms with Gasteiger partial charge in [0.05, 0.1) is 0 Å². The summed E-state index contributed by atoms with van der Waals surface area (Å²) in [5.41, 5.74) is 4.94. The predicted molar refractivity (Wildman–Crippen MR) is 72.7 cm³/mol. The van der Waals surface area contributed by atoms with Crippen LogP contribution in [0.4, 0.5) is 0 Å². The van der Waals surface area contributed by atoms with E-state index in [9.17, 15) is 0 Å². The van der Waals surface area contributed by atoms with E-state index < -0.39 is 0 Å². The van der Waals surface area contributed by atoms with E-state index in [0.717, 1.165) is 11.8 Å². The molecule has 0 amide bonds. The molecule has 2 aliphatic carbocycles. The Morgan fingerprint density at radius 3 is 2.88 bits per heavy atom. The molecule has 2 aliphatic rings. The second kappa shape index (κ2) is 3.35. The monoisotopic (exact) mass is 222 g/mol. The van der Waals surface area contributed by atoms with Gasteiger partial charge in [-0.1, -0.05) is 37.3 Å². The van der Waals surface area contributed by atoms with Crippen LogP contribution in [0.3, 0.4) is 0 Å². The molecule has 4 rings (SSSR count). The zero-order valence-corrected chi connectivity index (χ0v) is 10.4. The molecule has 0 aromatic heterocycles. The van der Waals surface area contributed by atoms with Crippen LogP contribution in [0.1, 0.15) is 54.7 Å². The van der Waals surface area contributed by atoms with E-state index in [1.165, 1.54) is 31.1 Å². The maximum Gasteiger partial charge on any atom is -0.0114 e. The predicted octanol–water partition coefficient (Wildman–Crippen LogP) is 4.77. The van der Waals surface area contributed by atoms with E-state index in [2.05, 4.69) is 37.3 Å². The van der Waals surface area contributed by atoms with E-state index in [4.69, 9.17) is 0 Å². The first-order valence-electron chi connectivity index (χ1n) is 6.89. The normalized spacial score (nSPS) is 26.2. The molecule has 86 valence electrons. The molecule has 0 radical (unpaired) electrons. The van der Waals surface area contributed by atoms with Crippen LogP contribution in [-0.4, -0.2) is 0 Å². The number of hydrogen-bond acceptors (Lipinski definition) is 0. The van der Waals surface area contributed by atoms with Crippen molar-refractivity contribution in [1.82, 2.24) is 0 Å². The van der Waals surface area contributed by atoms with Gasteiger partial charge in [0.25, 0.3) is 0 Å². The molecule has 0 saturated heterocycles. The van der Waals surface area contributed by atoms with Crippen molar-refractivity contribution < 1.29 is 0 Å². The van der Waals surface area contributed by atoms with Crippen molar-refractivity contribution in [2.45, 2.75) is 44.4 Å². The Kier molecular flexibility index (Phi) is 1.91. The standard InChI is InChI=1S/C17H18/c1-11-5-6-14-8-7-12-3-2-4-13-9-10-15(11)17(14)16(12)13/h2-4,9-11,14H,5-8H2,1H3. The van der Waals surface area contributed by atoms with Crippen molar-refractivity contribution in [3.63, 3.8) is 0 Å². The van der Waals surface area contributed by atoms with Gasteiger partial charge in [0, 0.05) is 0 Å². The molecule has 0 N–H and O–H groups in total. The highest BCUT2D eigenvalue weighted by molar-refractivity contribution is 5.91. The molecule has 0 heterocycles. The lowest BCUT2D eigenvalue weighted by Crippen LogP contribution is -2.17. The lowest BCUT2D eigenvalue weighted by Gasteiger charge is -2.35. The van der Waals surface area contributed by atoms with Crippen LogP contribution < -0.4 is 0 Å². The third kappa shape index (κ3) is 1.24. The quantitative estimate of drug-likeness (QED) is 0.602. The smallest absolute Gasteiger partial charge is 0.0114 e. The van der Waals surface area contributed by atoms with Crippen molar-refractivity contribution in [2.24, 2.45) is 0 Å². The Labute approximate surface area is 103 Å². The van der Waals surface area contributed by atoms with E-state index in [1.807, 2.05) is 0 Å². The Balaban J connectivity index is 2.15. The summed E-state index contributed by atoms with van der Waals surface area (Å²) in [5.74, 6) is 1.61. The molecular weight excluding hydrogens is 204 g/mol. The lowest BCUT2D eigenvalue weighted by atomic mass is 9.70. The Bertz CT molecular complexity index is 594. The van der Waals surface area contributed by atoms with E-state index >= 15 is 0 Å². The SMILES string of the molecule is CC1CCC2CCc3cccc4ccc1c2c34. The fourth-order valence-corrected chi connectivity index (χ4v) is 3.95. The minimum atomic E-state index is 0.761. The lowest BCUT2D eigenvalue weighted by molar-refractivity contribution is 0.476. The van der Waals surface area contributed by atoms with Gasteiger partial charge in [-0.2, -0.15) is 0 Å². The van der Waals surface area contributed by atoms with Crippen LogP contribution in [0.2, 0.25) is 0 Å². The number of rotatable bonds is 0. The third-order valence-corrected chi connectivity index (χ3v) is 4.86. The summed E-state index contributed by atoms with van der Waals surface area (Å²) in [6, 6.07) is 11.6. The van der Waals surface area contributed by atoms with Gasteiger partial charge in [-0.05, 0) is 65.0 Å². The highest BCUT2D eigenvalue weighted by Gasteiger charge is 2.29. The van der Waals surface area contributed by atoms with Crippen molar-refractivity contribution in [3.05, 3.63) is 47.0 Å². The molecule has 0 fully saturated rings. The topological polar surface area (TPSA) is 0 Å². The zero-order valence-electron chi connectivity index (χ0n) is 10.4. The minimum absolute atomic E-state index is 0.761. The fraction of sp³-hybridized carbons (Fsp3) is 0.412. The fourth-order valence-electron chi connectivity index (χ4n) is 3.95. The highest BCUT2D eigenvalue weighted by Crippen LogP contribution is 2.47. The van der Waals surface area contributed by atoms with Crippen molar-refractivity contribution in [3.8, 4) is 0 Å². The maximum absolute atomic E-state index is 2.39. The van der Waals surface area contributed by atoms with Crippen molar-refractivity contribution >= 4 is 10.8 Å². The van der Waals surface area contributed by atoms with Gasteiger partial charge < -0.3 is 0 Å². The molecule has 0 spiro atoms. The van der Waals surface area contributed by atoms with Crippen LogP contribution in [0.5, 0.6) is 0 Å². The second-order valence-electron chi connectivity index (χ2n) is 5.80. The Hall–Kier alpha value is -1.30. The summed E-state index contributed by atoms with van der Waals surface area (Å²) < 4.78 is 0. The van der Waals surface area contributed by atoms with Crippen LogP contribution in [0, 0.1) is 0 Å². The second-order valence-corrected chi connectivity index (χ2v) is 5.80. The van der Waals surface area contributed by atoms with E-state index in [1.54, 1.807) is 22.1 Å². The maximum atomic E-state index is 2.39. The molecule has 2 atom stereocenters. The summed E-state index contributed by atoms with van der Waals surface area (Å²) in [4.78, 5) is 0. The molecule has 2 unspecified atom stereocenters. The first-order valence-corrected chi connectivity index (χ1v) is 6.89. The molecule has 2 aromatic rings. The molecule has 2 aromatic carbocycles. The molecular formula is C17H18. The average Bonchev–Trinajstić information content (AvgIpc) is 2.38. The number of aryl methyl sites for hydroxylation is 1. The Morgan fingerprint density at radius 2 is 1.94 bits per heavy atom. The van der Waals surface area contributed by atoms with E-state index in [-0.39, 0.29) is 0 Å². The molecule has 0 saturated carbocycles. The van der Waals surface area contributed by atoms with Gasteiger partial charge in [0.2, 0.25) is 0 Å². The van der Waals surface area contributed by atoms with Crippen molar-refractivity contribution in [2.75, 3.05) is 0 Å². The average molecular weight is 222 g/mol. The molecule has 0 bridgehead atoms. The van der Waals surface area contributed by atoms with Gasteiger partial charge in [-0.25, -0.2) is 0 Å². The highest BCUT2D eigenvalue weighted by atomic mass is 14.3. The molecule has 0 aliphatic heterocycles. The summed E-state index contributed by atoms with van der Waals surface area (Å²) in [6.45, 7) is 2.39. The number of hydrogen-bond donors (Lipinski definition) is 0. The van der Waals surface area contributed by atoms with Gasteiger partial charge >= 0.3 is 0 Å².